The van der Waals surface area contributed by atoms with Crippen molar-refractivity contribution in [1.29, 1.82) is 0 Å². The van der Waals surface area contributed by atoms with Crippen LogP contribution in [0.3, 0.4) is 0 Å². The topological polar surface area (TPSA) is 54.7 Å². The number of aromatic amines is 1. The molecule has 0 saturated carbocycles. The molecule has 3 N–H and O–H groups in total. The number of hydrogen-bond donors (Lipinski definition) is 2. The van der Waals surface area contributed by atoms with Crippen molar-refractivity contribution in [2.24, 2.45) is 11.1 Å². The summed E-state index contributed by atoms with van der Waals surface area (Å²) in [7, 11) is 0. The minimum atomic E-state index is 0.250. The van der Waals surface area contributed by atoms with E-state index in [-0.39, 0.29) is 5.41 Å². The van der Waals surface area contributed by atoms with Gasteiger partial charge in [-0.25, -0.2) is 4.98 Å². The van der Waals surface area contributed by atoms with Gasteiger partial charge in [-0.3, -0.25) is 0 Å². The molecule has 0 spiro atoms. The molecule has 0 atom stereocenters. The zero-order chi connectivity index (χ0) is 9.73. The largest absolute Gasteiger partial charge is 0.340 e. The highest BCUT2D eigenvalue weighted by Crippen LogP contribution is 2.23. The van der Waals surface area contributed by atoms with E-state index in [1.54, 1.807) is 18.0 Å². The zero-order valence-corrected chi connectivity index (χ0v) is 9.03. The molecule has 0 amide bonds. The van der Waals surface area contributed by atoms with Crippen molar-refractivity contribution in [3.63, 3.8) is 0 Å². The van der Waals surface area contributed by atoms with E-state index in [9.17, 15) is 0 Å². The van der Waals surface area contributed by atoms with Gasteiger partial charge in [-0.2, -0.15) is 0 Å². The summed E-state index contributed by atoms with van der Waals surface area (Å²) in [6, 6.07) is 0. The van der Waals surface area contributed by atoms with Gasteiger partial charge in [0.05, 0.1) is 0 Å². The number of imidazole rings is 1. The summed E-state index contributed by atoms with van der Waals surface area (Å²) < 4.78 is 0. The average molecular weight is 199 g/mol. The van der Waals surface area contributed by atoms with Gasteiger partial charge >= 0.3 is 0 Å². The summed E-state index contributed by atoms with van der Waals surface area (Å²) in [6.07, 6.45) is 4.74. The highest BCUT2D eigenvalue weighted by Gasteiger charge is 2.14. The first-order valence-corrected chi connectivity index (χ1v) is 5.45. The van der Waals surface area contributed by atoms with Gasteiger partial charge in [0, 0.05) is 18.1 Å². The van der Waals surface area contributed by atoms with Crippen molar-refractivity contribution in [2.45, 2.75) is 25.4 Å². The van der Waals surface area contributed by atoms with Gasteiger partial charge in [0.25, 0.3) is 0 Å². The Morgan fingerprint density at radius 2 is 2.38 bits per heavy atom. The van der Waals surface area contributed by atoms with Crippen LogP contribution < -0.4 is 5.73 Å². The maximum atomic E-state index is 5.63. The Bertz CT molecular complexity index is 231. The molecule has 0 aliphatic carbocycles. The van der Waals surface area contributed by atoms with Crippen LogP contribution in [0.2, 0.25) is 0 Å². The van der Waals surface area contributed by atoms with Crippen molar-refractivity contribution in [3.05, 3.63) is 12.4 Å². The smallest absolute Gasteiger partial charge is 0.165 e. The lowest BCUT2D eigenvalue weighted by Crippen LogP contribution is -2.24. The number of thioether (sulfide) groups is 1. The molecule has 1 aromatic heterocycles. The Kier molecular flexibility index (Phi) is 3.81. The van der Waals surface area contributed by atoms with Crippen LogP contribution >= 0.6 is 11.8 Å². The van der Waals surface area contributed by atoms with Crippen LogP contribution in [0.1, 0.15) is 20.3 Å². The minimum absolute atomic E-state index is 0.250. The lowest BCUT2D eigenvalue weighted by atomic mass is 9.91. The van der Waals surface area contributed by atoms with Crippen LogP contribution in [-0.2, 0) is 0 Å². The normalized spacial score (nSPS) is 11.9. The predicted octanol–water partition coefficient (Wildman–Crippen LogP) is 1.88. The van der Waals surface area contributed by atoms with Crippen LogP contribution in [0.15, 0.2) is 17.6 Å². The lowest BCUT2D eigenvalue weighted by Gasteiger charge is -2.21. The molecule has 0 aliphatic rings. The third-order valence-corrected chi connectivity index (χ3v) is 2.95. The minimum Gasteiger partial charge on any atom is -0.340 e. The molecule has 1 rings (SSSR count). The molecule has 0 unspecified atom stereocenters. The molecule has 0 bridgehead atoms. The van der Waals surface area contributed by atoms with Crippen molar-refractivity contribution in [2.75, 3.05) is 12.3 Å². The Balaban J connectivity index is 2.21. The molecular weight excluding hydrogens is 182 g/mol. The molecule has 3 nitrogen and oxygen atoms in total. The standard InChI is InChI=1S/C9H17N3S/c1-9(2,7-10)3-6-13-8-11-4-5-12-8/h4-5H,3,6-7,10H2,1-2H3,(H,11,12). The first-order chi connectivity index (χ1) is 6.14. The number of hydrogen-bond acceptors (Lipinski definition) is 3. The Morgan fingerprint density at radius 1 is 1.62 bits per heavy atom. The summed E-state index contributed by atoms with van der Waals surface area (Å²) in [5.41, 5.74) is 5.88. The SMILES string of the molecule is CC(C)(CN)CCSc1ncc[nH]1. The molecule has 1 heterocycles. The van der Waals surface area contributed by atoms with Crippen LogP contribution in [0.5, 0.6) is 0 Å². The van der Waals surface area contributed by atoms with Crippen molar-refractivity contribution in [1.82, 2.24) is 9.97 Å². The Hall–Kier alpha value is -0.480. The molecule has 0 fully saturated rings. The summed E-state index contributed by atoms with van der Waals surface area (Å²) in [6.45, 7) is 5.12. The van der Waals surface area contributed by atoms with Crippen LogP contribution in [0.25, 0.3) is 0 Å². The summed E-state index contributed by atoms with van der Waals surface area (Å²) in [4.78, 5) is 7.20. The number of rotatable bonds is 5. The molecule has 0 aromatic carbocycles. The lowest BCUT2D eigenvalue weighted by molar-refractivity contribution is 0.368. The fourth-order valence-corrected chi connectivity index (χ4v) is 1.99. The first-order valence-electron chi connectivity index (χ1n) is 4.46. The number of nitrogens with one attached hydrogen (secondary N) is 1. The molecule has 13 heavy (non-hydrogen) atoms. The molecule has 4 heteroatoms. The molecule has 0 radical (unpaired) electrons. The summed E-state index contributed by atoms with van der Waals surface area (Å²) in [5, 5.41) is 0.993. The Morgan fingerprint density at radius 3 is 2.92 bits per heavy atom. The van der Waals surface area contributed by atoms with Crippen LogP contribution in [0, 0.1) is 5.41 Å². The third kappa shape index (κ3) is 3.83. The quantitative estimate of drug-likeness (QED) is 0.712. The number of nitrogens with zero attached hydrogens (tertiary/aromatic N) is 1. The maximum absolute atomic E-state index is 5.63. The van der Waals surface area contributed by atoms with Gasteiger partial charge < -0.3 is 10.7 Å². The van der Waals surface area contributed by atoms with E-state index in [2.05, 4.69) is 23.8 Å². The van der Waals surface area contributed by atoms with Crippen LogP contribution in [-0.4, -0.2) is 22.3 Å². The van der Waals surface area contributed by atoms with Crippen molar-refractivity contribution >= 4 is 11.8 Å². The fourth-order valence-electron chi connectivity index (χ4n) is 0.856. The highest BCUT2D eigenvalue weighted by molar-refractivity contribution is 7.99. The van der Waals surface area contributed by atoms with E-state index in [1.165, 1.54) is 0 Å². The zero-order valence-electron chi connectivity index (χ0n) is 8.21. The number of nitrogens with two attached hydrogens (primary N) is 1. The van der Waals surface area contributed by atoms with Gasteiger partial charge in [0.2, 0.25) is 0 Å². The summed E-state index contributed by atoms with van der Waals surface area (Å²) in [5.74, 6) is 1.07. The second-order valence-corrected chi connectivity index (χ2v) is 4.94. The van der Waals surface area contributed by atoms with E-state index >= 15 is 0 Å². The van der Waals surface area contributed by atoms with E-state index < -0.39 is 0 Å². The molecular formula is C9H17N3S. The molecule has 0 saturated heterocycles. The van der Waals surface area contributed by atoms with E-state index in [4.69, 9.17) is 5.73 Å². The monoisotopic (exact) mass is 199 g/mol. The fraction of sp³-hybridized carbons (Fsp3) is 0.667. The summed E-state index contributed by atoms with van der Waals surface area (Å²) >= 11 is 1.75. The second-order valence-electron chi connectivity index (χ2n) is 3.86. The third-order valence-electron chi connectivity index (χ3n) is 2.04. The molecule has 0 aliphatic heterocycles. The van der Waals surface area contributed by atoms with Crippen LogP contribution in [0.4, 0.5) is 0 Å². The molecule has 1 aromatic rings. The van der Waals surface area contributed by atoms with E-state index in [0.717, 1.165) is 23.9 Å². The van der Waals surface area contributed by atoms with Gasteiger partial charge in [-0.15, -0.1) is 0 Å². The van der Waals surface area contributed by atoms with Crippen molar-refractivity contribution in [3.8, 4) is 0 Å². The first kappa shape index (κ1) is 10.6. The van der Waals surface area contributed by atoms with Gasteiger partial charge in [-0.1, -0.05) is 25.6 Å². The average Bonchev–Trinajstić information content (AvgIpc) is 2.57. The highest BCUT2D eigenvalue weighted by atomic mass is 32.2. The Labute approximate surface area is 83.5 Å². The maximum Gasteiger partial charge on any atom is 0.165 e. The van der Waals surface area contributed by atoms with Gasteiger partial charge in [-0.05, 0) is 18.4 Å². The van der Waals surface area contributed by atoms with Gasteiger partial charge in [0.15, 0.2) is 5.16 Å². The second kappa shape index (κ2) is 4.67. The number of H-pyrrole nitrogens is 1. The van der Waals surface area contributed by atoms with E-state index in [1.807, 2.05) is 6.20 Å². The predicted molar refractivity (Wildman–Crippen MR) is 56.8 cm³/mol. The van der Waals surface area contributed by atoms with Gasteiger partial charge in [0.1, 0.15) is 0 Å². The van der Waals surface area contributed by atoms with E-state index in [0.29, 0.717) is 0 Å². The molecule has 74 valence electrons. The van der Waals surface area contributed by atoms with Crippen molar-refractivity contribution < 1.29 is 0 Å². The number of aromatic nitrogens is 2.